The summed E-state index contributed by atoms with van der Waals surface area (Å²) in [5.41, 5.74) is 2.22. The summed E-state index contributed by atoms with van der Waals surface area (Å²) in [5.74, 6) is 0.767. The molecule has 0 radical (unpaired) electrons. The number of anilines is 2. The maximum atomic E-state index is 13.4. The Bertz CT molecular complexity index is 1140. The number of fused-ring (bicyclic) bond motifs is 3. The van der Waals surface area contributed by atoms with E-state index >= 15 is 0 Å². The van der Waals surface area contributed by atoms with Crippen LogP contribution in [0.15, 0.2) is 48.5 Å². The highest BCUT2D eigenvalue weighted by Gasteiger charge is 2.42. The number of hydrogen-bond acceptors (Lipinski definition) is 5. The summed E-state index contributed by atoms with van der Waals surface area (Å²) in [5, 5.41) is 2.87. The lowest BCUT2D eigenvalue weighted by atomic mass is 10.1. The molecule has 2 atom stereocenters. The quantitative estimate of drug-likeness (QED) is 0.662. The number of aromatic nitrogens is 2. The van der Waals surface area contributed by atoms with E-state index in [2.05, 4.69) is 5.32 Å². The van der Waals surface area contributed by atoms with Crippen molar-refractivity contribution in [2.75, 3.05) is 30.5 Å². The number of nitrogens with zero attached hydrogens (tertiary/aromatic N) is 3. The van der Waals surface area contributed by atoms with Gasteiger partial charge in [-0.15, -0.1) is 0 Å². The van der Waals surface area contributed by atoms with Gasteiger partial charge in [0.1, 0.15) is 11.8 Å². The molecule has 160 valence electrons. The van der Waals surface area contributed by atoms with Gasteiger partial charge in [-0.25, -0.2) is 4.98 Å². The summed E-state index contributed by atoms with van der Waals surface area (Å²) >= 11 is 0. The number of para-hydroxylation sites is 4. The molecule has 1 N–H and O–H groups in total. The Morgan fingerprint density at radius 1 is 1.23 bits per heavy atom. The van der Waals surface area contributed by atoms with E-state index < -0.39 is 6.04 Å². The van der Waals surface area contributed by atoms with Gasteiger partial charge in [-0.1, -0.05) is 24.3 Å². The first-order chi connectivity index (χ1) is 15.2. The van der Waals surface area contributed by atoms with Crippen LogP contribution in [0.3, 0.4) is 0 Å². The Morgan fingerprint density at radius 3 is 2.84 bits per heavy atom. The zero-order valence-electron chi connectivity index (χ0n) is 17.3. The molecule has 3 heterocycles. The zero-order valence-corrected chi connectivity index (χ0v) is 17.3. The minimum atomic E-state index is -0.654. The van der Waals surface area contributed by atoms with Gasteiger partial charge in [0, 0.05) is 6.61 Å². The molecule has 2 aliphatic heterocycles. The van der Waals surface area contributed by atoms with Crippen LogP contribution in [-0.2, 0) is 14.3 Å². The Labute approximate surface area is 179 Å². The van der Waals surface area contributed by atoms with Gasteiger partial charge in [0.15, 0.2) is 0 Å². The molecule has 0 aliphatic carbocycles. The number of benzene rings is 2. The second kappa shape index (κ2) is 8.03. The molecule has 2 amide bonds. The fraction of sp³-hybridized carbons (Fsp3) is 0.348. The van der Waals surface area contributed by atoms with Gasteiger partial charge in [0.2, 0.25) is 11.9 Å². The van der Waals surface area contributed by atoms with Crippen LogP contribution in [0.5, 0.6) is 5.75 Å². The van der Waals surface area contributed by atoms with Gasteiger partial charge in [0.25, 0.3) is 5.91 Å². The predicted molar refractivity (Wildman–Crippen MR) is 116 cm³/mol. The minimum absolute atomic E-state index is 0.00151. The highest BCUT2D eigenvalue weighted by molar-refractivity contribution is 6.05. The monoisotopic (exact) mass is 420 g/mol. The zero-order chi connectivity index (χ0) is 21.4. The van der Waals surface area contributed by atoms with Gasteiger partial charge in [-0.2, -0.15) is 0 Å². The molecule has 1 saturated heterocycles. The van der Waals surface area contributed by atoms with Crippen molar-refractivity contribution < 1.29 is 19.1 Å². The van der Waals surface area contributed by atoms with Crippen LogP contribution in [0.1, 0.15) is 25.3 Å². The molecule has 1 fully saturated rings. The largest absolute Gasteiger partial charge is 0.495 e. The highest BCUT2D eigenvalue weighted by atomic mass is 16.5. The van der Waals surface area contributed by atoms with Crippen molar-refractivity contribution in [3.05, 3.63) is 48.5 Å². The number of ether oxygens (including phenoxy) is 2. The maximum absolute atomic E-state index is 13.4. The molecule has 0 bridgehead atoms. The van der Waals surface area contributed by atoms with E-state index in [1.165, 1.54) is 0 Å². The third-order valence-corrected chi connectivity index (χ3v) is 5.85. The molecule has 2 aliphatic rings. The van der Waals surface area contributed by atoms with Gasteiger partial charge in [-0.3, -0.25) is 19.1 Å². The van der Waals surface area contributed by atoms with E-state index in [9.17, 15) is 9.59 Å². The third-order valence-electron chi connectivity index (χ3n) is 5.85. The van der Waals surface area contributed by atoms with Crippen LogP contribution in [0.4, 0.5) is 11.6 Å². The number of amides is 2. The van der Waals surface area contributed by atoms with E-state index in [0.717, 1.165) is 23.9 Å². The number of methoxy groups -OCH3 is 1. The van der Waals surface area contributed by atoms with Crippen LogP contribution >= 0.6 is 0 Å². The summed E-state index contributed by atoms with van der Waals surface area (Å²) < 4.78 is 12.9. The number of hydrogen-bond donors (Lipinski definition) is 1. The molecule has 5 rings (SSSR count). The van der Waals surface area contributed by atoms with E-state index in [-0.39, 0.29) is 24.3 Å². The Kier molecular flexibility index (Phi) is 5.07. The number of imidazole rings is 1. The molecule has 0 spiro atoms. The first kappa shape index (κ1) is 19.6. The van der Waals surface area contributed by atoms with Gasteiger partial charge < -0.3 is 14.8 Å². The Hall–Kier alpha value is -3.39. The van der Waals surface area contributed by atoms with E-state index in [0.29, 0.717) is 30.5 Å². The fourth-order valence-electron chi connectivity index (χ4n) is 4.39. The smallest absolute Gasteiger partial charge is 0.253 e. The van der Waals surface area contributed by atoms with Crippen LogP contribution < -0.4 is 15.0 Å². The number of carbonyl (C=O) groups is 2. The van der Waals surface area contributed by atoms with Crippen molar-refractivity contribution in [1.29, 1.82) is 0 Å². The van der Waals surface area contributed by atoms with Gasteiger partial charge in [-0.05, 0) is 37.1 Å². The predicted octanol–water partition coefficient (Wildman–Crippen LogP) is 3.14. The van der Waals surface area contributed by atoms with Gasteiger partial charge in [0.05, 0.1) is 42.9 Å². The molecular formula is C23H24N4O4. The van der Waals surface area contributed by atoms with E-state index in [4.69, 9.17) is 14.5 Å². The molecule has 0 unspecified atom stereocenters. The lowest BCUT2D eigenvalue weighted by Gasteiger charge is -2.19. The van der Waals surface area contributed by atoms with E-state index in [1.54, 1.807) is 24.1 Å². The molecule has 8 heteroatoms. The topological polar surface area (TPSA) is 85.7 Å². The molecule has 2 aromatic carbocycles. The molecule has 1 aromatic heterocycles. The number of carbonyl (C=O) groups excluding carboxylic acids is 2. The molecular weight excluding hydrogens is 396 g/mol. The second-order valence-corrected chi connectivity index (χ2v) is 7.82. The standard InChI is InChI=1S/C23H24N4O4/c1-30-20-11-5-3-9-17(20)24-21(28)13-19-22(29)26(14-15-7-6-12-31-15)23-25-16-8-2-4-10-18(16)27(19)23/h2-5,8-11,15,19H,6-7,12-14H2,1H3,(H,24,28)/t15-,19-/m1/s1. The van der Waals surface area contributed by atoms with Crippen molar-refractivity contribution in [3.8, 4) is 5.75 Å². The SMILES string of the molecule is COc1ccccc1NC(=O)C[C@@H]1C(=O)N(C[C@H]2CCCO2)c2nc3ccccc3n21. The summed E-state index contributed by atoms with van der Waals surface area (Å²) in [6.45, 7) is 1.17. The average molecular weight is 420 g/mol. The third kappa shape index (κ3) is 3.53. The van der Waals surface area contributed by atoms with Crippen LogP contribution in [-0.4, -0.2) is 47.7 Å². The first-order valence-corrected chi connectivity index (χ1v) is 10.5. The van der Waals surface area contributed by atoms with Crippen LogP contribution in [0.2, 0.25) is 0 Å². The van der Waals surface area contributed by atoms with E-state index in [1.807, 2.05) is 41.0 Å². The van der Waals surface area contributed by atoms with Crippen molar-refractivity contribution in [3.63, 3.8) is 0 Å². The Balaban J connectivity index is 1.44. The van der Waals surface area contributed by atoms with Crippen molar-refractivity contribution in [2.45, 2.75) is 31.4 Å². The highest BCUT2D eigenvalue weighted by Crippen LogP contribution is 2.37. The lowest BCUT2D eigenvalue weighted by molar-refractivity contribution is -0.124. The van der Waals surface area contributed by atoms with Gasteiger partial charge >= 0.3 is 0 Å². The summed E-state index contributed by atoms with van der Waals surface area (Å²) in [6.07, 6.45) is 1.92. The lowest BCUT2D eigenvalue weighted by Crippen LogP contribution is -2.37. The van der Waals surface area contributed by atoms with Crippen molar-refractivity contribution >= 4 is 34.5 Å². The molecule has 0 saturated carbocycles. The number of nitrogens with one attached hydrogen (secondary N) is 1. The second-order valence-electron chi connectivity index (χ2n) is 7.82. The molecule has 3 aromatic rings. The summed E-state index contributed by atoms with van der Waals surface area (Å²) in [4.78, 5) is 32.7. The average Bonchev–Trinajstić information content (AvgIpc) is 3.48. The Morgan fingerprint density at radius 2 is 2.03 bits per heavy atom. The van der Waals surface area contributed by atoms with Crippen LogP contribution in [0, 0.1) is 0 Å². The number of rotatable bonds is 6. The van der Waals surface area contributed by atoms with Crippen molar-refractivity contribution in [1.82, 2.24) is 9.55 Å². The van der Waals surface area contributed by atoms with Crippen molar-refractivity contribution in [2.24, 2.45) is 0 Å². The first-order valence-electron chi connectivity index (χ1n) is 10.5. The molecule has 31 heavy (non-hydrogen) atoms. The summed E-state index contributed by atoms with van der Waals surface area (Å²) in [7, 11) is 1.55. The minimum Gasteiger partial charge on any atom is -0.495 e. The normalized spacial score (nSPS) is 20.3. The molecule has 8 nitrogen and oxygen atoms in total. The fourth-order valence-corrected chi connectivity index (χ4v) is 4.39. The summed E-state index contributed by atoms with van der Waals surface area (Å²) in [6, 6.07) is 14.2. The van der Waals surface area contributed by atoms with Crippen LogP contribution in [0.25, 0.3) is 11.0 Å². The maximum Gasteiger partial charge on any atom is 0.253 e.